The van der Waals surface area contributed by atoms with E-state index in [1.54, 1.807) is 0 Å². The summed E-state index contributed by atoms with van der Waals surface area (Å²) >= 11 is 1.81. The third kappa shape index (κ3) is 7.22. The fourth-order valence-corrected chi connectivity index (χ4v) is 3.83. The number of rotatable bonds is 7. The van der Waals surface area contributed by atoms with Crippen LogP contribution in [0.2, 0.25) is 0 Å². The van der Waals surface area contributed by atoms with Gasteiger partial charge in [-0.05, 0) is 39.3 Å². The maximum atomic E-state index is 11.8. The van der Waals surface area contributed by atoms with E-state index in [0.29, 0.717) is 32.4 Å². The molecule has 0 radical (unpaired) electrons. The van der Waals surface area contributed by atoms with Gasteiger partial charge in [-0.25, -0.2) is 0 Å². The molecule has 1 aromatic rings. The molecule has 1 atom stereocenters. The first kappa shape index (κ1) is 22.9. The highest BCUT2D eigenvalue weighted by atomic mass is 127. The number of carbonyl (C=O) groups is 2. The molecule has 1 aliphatic rings. The molecule has 2 N–H and O–H groups in total. The van der Waals surface area contributed by atoms with Gasteiger partial charge in [0.05, 0.1) is 6.54 Å². The molecule has 1 fully saturated rings. The number of aliphatic imine (C=N–C) groups is 1. The molecule has 0 aliphatic carbocycles. The second kappa shape index (κ2) is 11.5. The van der Waals surface area contributed by atoms with Gasteiger partial charge in [-0.15, -0.1) is 35.3 Å². The molecule has 0 bridgehead atoms. The van der Waals surface area contributed by atoms with Gasteiger partial charge in [-0.2, -0.15) is 0 Å². The molecule has 8 heteroatoms. The van der Waals surface area contributed by atoms with Crippen LogP contribution in [0.25, 0.3) is 0 Å². The highest BCUT2D eigenvalue weighted by molar-refractivity contribution is 14.0. The standard InChI is InChI=1S/C18H28N4O2S.HI/c1-4-19-18(21-13(2)12-15-9-8-14(3)25-15)20-10-11-22-16(23)6-5-7-17(22)24;/h8-9,13H,4-7,10-12H2,1-3H3,(H2,19,20,21);1H. The largest absolute Gasteiger partial charge is 0.357 e. The maximum Gasteiger partial charge on any atom is 0.229 e. The lowest BCUT2D eigenvalue weighted by atomic mass is 10.1. The molecule has 26 heavy (non-hydrogen) atoms. The first-order valence-corrected chi connectivity index (χ1v) is 9.74. The summed E-state index contributed by atoms with van der Waals surface area (Å²) < 4.78 is 0. The van der Waals surface area contributed by atoms with Crippen molar-refractivity contribution in [2.24, 2.45) is 4.99 Å². The van der Waals surface area contributed by atoms with E-state index in [1.165, 1.54) is 14.7 Å². The zero-order valence-corrected chi connectivity index (χ0v) is 18.9. The predicted molar refractivity (Wildman–Crippen MR) is 117 cm³/mol. The monoisotopic (exact) mass is 492 g/mol. The molecule has 1 saturated heterocycles. The summed E-state index contributed by atoms with van der Waals surface area (Å²) in [7, 11) is 0. The number of hydrogen-bond acceptors (Lipinski definition) is 4. The number of halogens is 1. The van der Waals surface area contributed by atoms with Crippen LogP contribution in [0.15, 0.2) is 17.1 Å². The van der Waals surface area contributed by atoms with Gasteiger partial charge in [0.15, 0.2) is 5.96 Å². The summed E-state index contributed by atoms with van der Waals surface area (Å²) in [6.07, 6.45) is 2.53. The average molecular weight is 492 g/mol. The molecule has 1 unspecified atom stereocenters. The average Bonchev–Trinajstić information content (AvgIpc) is 2.95. The Bertz CT molecular complexity index is 616. The Morgan fingerprint density at radius 1 is 1.31 bits per heavy atom. The van der Waals surface area contributed by atoms with Gasteiger partial charge in [-0.3, -0.25) is 19.5 Å². The Hall–Kier alpha value is -1.16. The SMILES string of the molecule is CCNC(=NCCN1C(=O)CCCC1=O)NC(C)Cc1ccc(C)s1.I. The van der Waals surface area contributed by atoms with E-state index in [-0.39, 0.29) is 41.8 Å². The number of piperidine rings is 1. The minimum Gasteiger partial charge on any atom is -0.357 e. The van der Waals surface area contributed by atoms with E-state index in [0.717, 1.165) is 18.9 Å². The Morgan fingerprint density at radius 2 is 2.00 bits per heavy atom. The smallest absolute Gasteiger partial charge is 0.229 e. The van der Waals surface area contributed by atoms with Crippen LogP contribution in [0.3, 0.4) is 0 Å². The molecular weight excluding hydrogens is 463 g/mol. The Kier molecular flexibility index (Phi) is 10.1. The lowest BCUT2D eigenvalue weighted by Crippen LogP contribution is -2.44. The van der Waals surface area contributed by atoms with Crippen molar-refractivity contribution in [3.63, 3.8) is 0 Å². The summed E-state index contributed by atoms with van der Waals surface area (Å²) in [5, 5.41) is 6.61. The van der Waals surface area contributed by atoms with E-state index in [1.807, 2.05) is 18.3 Å². The van der Waals surface area contributed by atoms with E-state index in [2.05, 4.69) is 41.6 Å². The van der Waals surface area contributed by atoms with Crippen LogP contribution in [0.1, 0.15) is 42.9 Å². The van der Waals surface area contributed by atoms with E-state index < -0.39 is 0 Å². The fraction of sp³-hybridized carbons (Fsp3) is 0.611. The predicted octanol–water partition coefficient (Wildman–Crippen LogP) is 2.70. The van der Waals surface area contributed by atoms with Crippen molar-refractivity contribution in [1.82, 2.24) is 15.5 Å². The third-order valence-corrected chi connectivity index (χ3v) is 5.03. The van der Waals surface area contributed by atoms with Crippen molar-refractivity contribution in [1.29, 1.82) is 0 Å². The molecule has 2 amide bonds. The summed E-state index contributed by atoms with van der Waals surface area (Å²) in [6, 6.07) is 4.54. The van der Waals surface area contributed by atoms with Gasteiger partial charge in [0.25, 0.3) is 0 Å². The van der Waals surface area contributed by atoms with Gasteiger partial charge in [0, 0.05) is 48.1 Å². The second-order valence-electron chi connectivity index (χ2n) is 6.32. The van der Waals surface area contributed by atoms with Crippen LogP contribution in [0.4, 0.5) is 0 Å². The lowest BCUT2D eigenvalue weighted by Gasteiger charge is -2.24. The van der Waals surface area contributed by atoms with Crippen molar-refractivity contribution in [3.8, 4) is 0 Å². The van der Waals surface area contributed by atoms with Crippen LogP contribution in [0, 0.1) is 6.92 Å². The number of amides is 2. The minimum absolute atomic E-state index is 0. The van der Waals surface area contributed by atoms with E-state index in [9.17, 15) is 9.59 Å². The highest BCUT2D eigenvalue weighted by Gasteiger charge is 2.25. The maximum absolute atomic E-state index is 11.8. The summed E-state index contributed by atoms with van der Waals surface area (Å²) in [4.78, 5) is 32.2. The van der Waals surface area contributed by atoms with Crippen LogP contribution in [-0.4, -0.2) is 48.3 Å². The molecule has 1 aliphatic heterocycles. The summed E-state index contributed by atoms with van der Waals surface area (Å²) in [5.41, 5.74) is 0. The Morgan fingerprint density at radius 3 is 2.58 bits per heavy atom. The fourth-order valence-electron chi connectivity index (χ4n) is 2.81. The van der Waals surface area contributed by atoms with Crippen molar-refractivity contribution < 1.29 is 9.59 Å². The van der Waals surface area contributed by atoms with Crippen LogP contribution < -0.4 is 10.6 Å². The van der Waals surface area contributed by atoms with Gasteiger partial charge >= 0.3 is 0 Å². The van der Waals surface area contributed by atoms with Crippen molar-refractivity contribution in [2.75, 3.05) is 19.6 Å². The van der Waals surface area contributed by atoms with Gasteiger partial charge in [-0.1, -0.05) is 0 Å². The number of thiophene rings is 1. The normalized spacial score (nSPS) is 16.3. The summed E-state index contributed by atoms with van der Waals surface area (Å²) in [5.74, 6) is 0.567. The molecule has 0 aromatic carbocycles. The Labute approximate surface area is 176 Å². The number of nitrogens with zero attached hydrogens (tertiary/aromatic N) is 2. The number of aryl methyl sites for hydroxylation is 1. The molecule has 2 heterocycles. The molecule has 1 aromatic heterocycles. The number of imide groups is 1. The van der Waals surface area contributed by atoms with Crippen molar-refractivity contribution >= 4 is 53.1 Å². The van der Waals surface area contributed by atoms with Crippen molar-refractivity contribution in [2.45, 2.75) is 52.5 Å². The molecule has 2 rings (SSSR count). The van der Waals surface area contributed by atoms with Crippen molar-refractivity contribution in [3.05, 3.63) is 21.9 Å². The minimum atomic E-state index is -0.0779. The third-order valence-electron chi connectivity index (χ3n) is 4.01. The summed E-state index contributed by atoms with van der Waals surface area (Å²) in [6.45, 7) is 7.78. The number of carbonyl (C=O) groups excluding carboxylic acids is 2. The zero-order valence-electron chi connectivity index (χ0n) is 15.7. The van der Waals surface area contributed by atoms with Gasteiger partial charge < -0.3 is 10.6 Å². The van der Waals surface area contributed by atoms with E-state index >= 15 is 0 Å². The zero-order chi connectivity index (χ0) is 18.2. The number of nitrogens with one attached hydrogen (secondary N) is 2. The van der Waals surface area contributed by atoms with E-state index in [4.69, 9.17) is 0 Å². The van der Waals surface area contributed by atoms with Crippen LogP contribution in [0.5, 0.6) is 0 Å². The van der Waals surface area contributed by atoms with Crippen LogP contribution >= 0.6 is 35.3 Å². The molecule has 0 saturated carbocycles. The van der Waals surface area contributed by atoms with Gasteiger partial charge in [0.1, 0.15) is 0 Å². The highest BCUT2D eigenvalue weighted by Crippen LogP contribution is 2.16. The topological polar surface area (TPSA) is 73.8 Å². The van der Waals surface area contributed by atoms with Gasteiger partial charge in [0.2, 0.25) is 11.8 Å². The van der Waals surface area contributed by atoms with Crippen LogP contribution in [-0.2, 0) is 16.0 Å². The lowest BCUT2D eigenvalue weighted by molar-refractivity contribution is -0.147. The second-order valence-corrected chi connectivity index (χ2v) is 7.69. The number of likely N-dealkylation sites (tertiary alicyclic amines) is 1. The Balaban J connectivity index is 0.00000338. The quantitative estimate of drug-likeness (QED) is 0.266. The molecule has 146 valence electrons. The number of guanidine groups is 1. The first-order valence-electron chi connectivity index (χ1n) is 8.93. The number of hydrogen-bond donors (Lipinski definition) is 2. The molecule has 0 spiro atoms. The molecular formula is C18H29IN4O2S. The molecule has 6 nitrogen and oxygen atoms in total. The first-order chi connectivity index (χ1) is 12.0.